The standard InChI is InChI=1S/C28H26BrNO4/c1-4-32-25-16-20(14-23(29)26(25)33-17-19-8-6-5-7-9-19)15-24-28(31)34-27(30-24)22-12-10-21(11-13-22)18(2)3/h5-16,18H,4,17H2,1-3H3/b24-15-. The van der Waals surface area contributed by atoms with Crippen molar-refractivity contribution in [2.45, 2.75) is 33.3 Å². The highest BCUT2D eigenvalue weighted by molar-refractivity contribution is 9.10. The highest BCUT2D eigenvalue weighted by Gasteiger charge is 2.24. The molecule has 0 amide bonds. The molecule has 0 saturated heterocycles. The highest BCUT2D eigenvalue weighted by atomic mass is 79.9. The molecule has 1 heterocycles. The van der Waals surface area contributed by atoms with Crippen molar-refractivity contribution < 1.29 is 19.0 Å². The van der Waals surface area contributed by atoms with E-state index in [1.54, 1.807) is 6.08 Å². The maximum atomic E-state index is 12.5. The van der Waals surface area contributed by atoms with Crippen LogP contribution >= 0.6 is 15.9 Å². The molecular formula is C28H26BrNO4. The lowest BCUT2D eigenvalue weighted by Crippen LogP contribution is -2.05. The predicted octanol–water partition coefficient (Wildman–Crippen LogP) is 6.89. The van der Waals surface area contributed by atoms with Crippen molar-refractivity contribution in [3.05, 3.63) is 99.2 Å². The zero-order valence-corrected chi connectivity index (χ0v) is 21.0. The maximum Gasteiger partial charge on any atom is 0.363 e. The second-order valence-electron chi connectivity index (χ2n) is 8.15. The third kappa shape index (κ3) is 5.57. The molecule has 34 heavy (non-hydrogen) atoms. The lowest BCUT2D eigenvalue weighted by molar-refractivity contribution is -0.129. The van der Waals surface area contributed by atoms with Crippen LogP contribution in [0, 0.1) is 0 Å². The Kier molecular flexibility index (Phi) is 7.48. The fourth-order valence-corrected chi connectivity index (χ4v) is 4.08. The molecule has 0 saturated carbocycles. The van der Waals surface area contributed by atoms with Crippen molar-refractivity contribution in [3.63, 3.8) is 0 Å². The third-order valence-corrected chi connectivity index (χ3v) is 5.89. The van der Waals surface area contributed by atoms with Crippen molar-refractivity contribution in [1.82, 2.24) is 0 Å². The van der Waals surface area contributed by atoms with Gasteiger partial charge < -0.3 is 14.2 Å². The fourth-order valence-electron chi connectivity index (χ4n) is 3.51. The van der Waals surface area contributed by atoms with E-state index < -0.39 is 5.97 Å². The van der Waals surface area contributed by atoms with Gasteiger partial charge in [-0.1, -0.05) is 56.3 Å². The molecule has 5 nitrogen and oxygen atoms in total. The molecule has 0 spiro atoms. The Bertz CT molecular complexity index is 1230. The van der Waals surface area contributed by atoms with Crippen molar-refractivity contribution >= 4 is 33.9 Å². The first-order valence-electron chi connectivity index (χ1n) is 11.2. The molecule has 0 fully saturated rings. The predicted molar refractivity (Wildman–Crippen MR) is 137 cm³/mol. The molecule has 0 bridgehead atoms. The topological polar surface area (TPSA) is 57.1 Å². The van der Waals surface area contributed by atoms with E-state index >= 15 is 0 Å². The Hall–Kier alpha value is -3.38. The average Bonchev–Trinajstić information content (AvgIpc) is 3.19. The zero-order valence-electron chi connectivity index (χ0n) is 19.4. The van der Waals surface area contributed by atoms with Crippen LogP contribution < -0.4 is 9.47 Å². The van der Waals surface area contributed by atoms with Gasteiger partial charge in [0.15, 0.2) is 17.2 Å². The minimum Gasteiger partial charge on any atom is -0.490 e. The quantitative estimate of drug-likeness (QED) is 0.240. The summed E-state index contributed by atoms with van der Waals surface area (Å²) in [5.41, 5.74) is 4.01. The van der Waals surface area contributed by atoms with Gasteiger partial charge in [-0.05, 0) is 75.8 Å². The van der Waals surface area contributed by atoms with Crippen molar-refractivity contribution in [2.24, 2.45) is 4.99 Å². The highest BCUT2D eigenvalue weighted by Crippen LogP contribution is 2.38. The van der Waals surface area contributed by atoms with Gasteiger partial charge in [0.1, 0.15) is 6.61 Å². The van der Waals surface area contributed by atoms with Gasteiger partial charge in [0, 0.05) is 5.56 Å². The Morgan fingerprint density at radius 2 is 1.76 bits per heavy atom. The minimum absolute atomic E-state index is 0.232. The van der Waals surface area contributed by atoms with Gasteiger partial charge in [-0.25, -0.2) is 9.79 Å². The Labute approximate surface area is 208 Å². The largest absolute Gasteiger partial charge is 0.490 e. The summed E-state index contributed by atoms with van der Waals surface area (Å²) in [6.45, 7) is 7.07. The van der Waals surface area contributed by atoms with E-state index in [1.165, 1.54) is 5.56 Å². The van der Waals surface area contributed by atoms with Crippen LogP contribution in [0.2, 0.25) is 0 Å². The van der Waals surface area contributed by atoms with Crippen LogP contribution in [0.3, 0.4) is 0 Å². The molecule has 0 aliphatic carbocycles. The molecule has 4 rings (SSSR count). The molecule has 1 aliphatic heterocycles. The molecule has 3 aromatic rings. The summed E-state index contributed by atoms with van der Waals surface area (Å²) >= 11 is 3.59. The molecule has 0 atom stereocenters. The van der Waals surface area contributed by atoms with Crippen molar-refractivity contribution in [2.75, 3.05) is 6.61 Å². The molecule has 1 aliphatic rings. The Morgan fingerprint density at radius 1 is 1.03 bits per heavy atom. The second kappa shape index (κ2) is 10.7. The maximum absolute atomic E-state index is 12.5. The Balaban J connectivity index is 1.59. The van der Waals surface area contributed by atoms with E-state index in [9.17, 15) is 4.79 Å². The molecule has 0 radical (unpaired) electrons. The van der Waals surface area contributed by atoms with Crippen molar-refractivity contribution in [1.29, 1.82) is 0 Å². The third-order valence-electron chi connectivity index (χ3n) is 5.31. The number of aliphatic imine (C=N–C) groups is 1. The number of halogens is 1. The zero-order chi connectivity index (χ0) is 24.1. The molecule has 3 aromatic carbocycles. The molecule has 0 aromatic heterocycles. The van der Waals surface area contributed by atoms with Gasteiger partial charge >= 0.3 is 5.97 Å². The number of esters is 1. The summed E-state index contributed by atoms with van der Waals surface area (Å²) in [6, 6.07) is 21.5. The summed E-state index contributed by atoms with van der Waals surface area (Å²) in [6.07, 6.45) is 1.69. The molecule has 174 valence electrons. The van der Waals surface area contributed by atoms with E-state index in [0.717, 1.165) is 21.2 Å². The van der Waals surface area contributed by atoms with Crippen LogP contribution in [0.4, 0.5) is 0 Å². The van der Waals surface area contributed by atoms with Gasteiger partial charge in [-0.3, -0.25) is 0 Å². The van der Waals surface area contributed by atoms with Gasteiger partial charge in [0.05, 0.1) is 11.1 Å². The molecule has 6 heteroatoms. The van der Waals surface area contributed by atoms with Gasteiger partial charge in [-0.15, -0.1) is 0 Å². The van der Waals surface area contributed by atoms with Crippen LogP contribution in [-0.4, -0.2) is 18.5 Å². The smallest absolute Gasteiger partial charge is 0.363 e. The number of benzene rings is 3. The Morgan fingerprint density at radius 3 is 2.44 bits per heavy atom. The lowest BCUT2D eigenvalue weighted by atomic mass is 10.0. The van der Waals surface area contributed by atoms with Gasteiger partial charge in [-0.2, -0.15) is 0 Å². The second-order valence-corrected chi connectivity index (χ2v) is 9.00. The normalized spacial score (nSPS) is 14.3. The molecule has 0 unspecified atom stereocenters. The monoisotopic (exact) mass is 519 g/mol. The number of ether oxygens (including phenoxy) is 3. The number of cyclic esters (lactones) is 1. The number of hydrogen-bond donors (Lipinski definition) is 0. The average molecular weight is 520 g/mol. The van der Waals surface area contributed by atoms with E-state index in [2.05, 4.69) is 34.8 Å². The van der Waals surface area contributed by atoms with Gasteiger partial charge in [0.25, 0.3) is 0 Å². The summed E-state index contributed by atoms with van der Waals surface area (Å²) in [4.78, 5) is 16.9. The van der Waals surface area contributed by atoms with Crippen LogP contribution in [0.25, 0.3) is 6.08 Å². The van der Waals surface area contributed by atoms with Crippen LogP contribution in [0.15, 0.2) is 81.9 Å². The van der Waals surface area contributed by atoms with Gasteiger partial charge in [0.2, 0.25) is 5.90 Å². The number of carbonyl (C=O) groups is 1. The summed E-state index contributed by atoms with van der Waals surface area (Å²) in [5.74, 6) is 1.44. The fraction of sp³-hybridized carbons (Fsp3) is 0.214. The molecular weight excluding hydrogens is 494 g/mol. The van der Waals surface area contributed by atoms with E-state index in [-0.39, 0.29) is 5.70 Å². The number of nitrogens with zero attached hydrogens (tertiary/aromatic N) is 1. The van der Waals surface area contributed by atoms with Crippen molar-refractivity contribution in [3.8, 4) is 11.5 Å². The van der Waals surface area contributed by atoms with E-state index in [1.807, 2.05) is 73.7 Å². The number of carbonyl (C=O) groups excluding carboxylic acids is 1. The number of rotatable bonds is 8. The van der Waals surface area contributed by atoms with Crippen LogP contribution in [0.5, 0.6) is 11.5 Å². The van der Waals surface area contributed by atoms with Crippen LogP contribution in [-0.2, 0) is 16.1 Å². The first-order chi connectivity index (χ1) is 16.4. The van der Waals surface area contributed by atoms with Crippen LogP contribution in [0.1, 0.15) is 48.9 Å². The number of hydrogen-bond acceptors (Lipinski definition) is 5. The summed E-state index contributed by atoms with van der Waals surface area (Å²) in [5, 5.41) is 0. The van der Waals surface area contributed by atoms with E-state index in [0.29, 0.717) is 36.5 Å². The molecule has 0 N–H and O–H groups in total. The summed E-state index contributed by atoms with van der Waals surface area (Å²) < 4.78 is 18.0. The summed E-state index contributed by atoms with van der Waals surface area (Å²) in [7, 11) is 0. The first kappa shape index (κ1) is 23.8. The SMILES string of the molecule is CCOc1cc(/C=C2\N=C(c3ccc(C(C)C)cc3)OC2=O)cc(Br)c1OCc1ccccc1. The minimum atomic E-state index is -0.485. The lowest BCUT2D eigenvalue weighted by Gasteiger charge is -2.15. The van der Waals surface area contributed by atoms with E-state index in [4.69, 9.17) is 14.2 Å². The first-order valence-corrected chi connectivity index (χ1v) is 12.0.